The summed E-state index contributed by atoms with van der Waals surface area (Å²) in [5.41, 5.74) is 5.03. The molecule has 0 aliphatic heterocycles. The van der Waals surface area contributed by atoms with Crippen molar-refractivity contribution in [1.29, 1.82) is 0 Å². The van der Waals surface area contributed by atoms with Gasteiger partial charge in [0.15, 0.2) is 0 Å². The van der Waals surface area contributed by atoms with Crippen molar-refractivity contribution in [2.45, 2.75) is 39.2 Å². The number of rotatable bonds is 6. The average molecular weight is 434 g/mol. The molecule has 0 saturated carbocycles. The molecule has 1 aromatic heterocycles. The minimum Gasteiger partial charge on any atom is -0.497 e. The van der Waals surface area contributed by atoms with E-state index < -0.39 is 0 Å². The number of nitrogens with one attached hydrogen (secondary N) is 1. The van der Waals surface area contributed by atoms with E-state index in [9.17, 15) is 9.59 Å². The van der Waals surface area contributed by atoms with E-state index in [0.29, 0.717) is 23.6 Å². The Morgan fingerprint density at radius 2 is 1.62 bits per heavy atom. The summed E-state index contributed by atoms with van der Waals surface area (Å²) in [6, 6.07) is 13.2. The van der Waals surface area contributed by atoms with Gasteiger partial charge in [-0.2, -0.15) is 5.10 Å². The van der Waals surface area contributed by atoms with Crippen LogP contribution < -0.4 is 20.3 Å². The molecule has 1 aliphatic carbocycles. The number of carbonyl (C=O) groups excluding carboxylic acids is 1. The van der Waals surface area contributed by atoms with E-state index in [4.69, 9.17) is 9.47 Å². The summed E-state index contributed by atoms with van der Waals surface area (Å²) in [7, 11) is 3.09. The van der Waals surface area contributed by atoms with Crippen LogP contribution in [0.4, 0.5) is 5.69 Å². The molecule has 4 rings (SSSR count). The summed E-state index contributed by atoms with van der Waals surface area (Å²) in [5.74, 6) is 0.774. The topological polar surface area (TPSA) is 82.5 Å². The fraction of sp³-hybridized carbons (Fsp3) is 0.320. The molecular formula is C25H27N3O4. The predicted octanol–water partition coefficient (Wildman–Crippen LogP) is 3.75. The molecule has 0 radical (unpaired) electrons. The van der Waals surface area contributed by atoms with Gasteiger partial charge in [-0.25, -0.2) is 4.68 Å². The summed E-state index contributed by atoms with van der Waals surface area (Å²) < 4.78 is 11.8. The molecule has 0 saturated heterocycles. The molecule has 0 atom stereocenters. The Hall–Kier alpha value is -3.61. The Balaban J connectivity index is 1.66. The molecule has 0 spiro atoms. The smallest absolute Gasteiger partial charge is 0.270 e. The molecule has 166 valence electrons. The predicted molar refractivity (Wildman–Crippen MR) is 123 cm³/mol. The third kappa shape index (κ3) is 4.51. The first-order chi connectivity index (χ1) is 15.5. The van der Waals surface area contributed by atoms with Crippen LogP contribution in [0.25, 0.3) is 11.3 Å². The van der Waals surface area contributed by atoms with Gasteiger partial charge in [-0.15, -0.1) is 0 Å². The molecule has 3 aromatic rings. The fourth-order valence-electron chi connectivity index (χ4n) is 4.05. The van der Waals surface area contributed by atoms with Gasteiger partial charge in [0.1, 0.15) is 18.0 Å². The Bertz CT molecular complexity index is 1180. The number of ether oxygens (including phenoxy) is 2. The highest BCUT2D eigenvalue weighted by Crippen LogP contribution is 2.29. The van der Waals surface area contributed by atoms with Gasteiger partial charge in [-0.1, -0.05) is 29.8 Å². The third-order valence-electron chi connectivity index (χ3n) is 5.72. The number of nitrogens with zero attached hydrogens (tertiary/aromatic N) is 2. The zero-order chi connectivity index (χ0) is 22.7. The number of carbonyl (C=O) groups is 1. The van der Waals surface area contributed by atoms with Crippen molar-refractivity contribution >= 4 is 11.6 Å². The fourth-order valence-corrected chi connectivity index (χ4v) is 4.05. The lowest BCUT2D eigenvalue weighted by Crippen LogP contribution is -2.34. The first-order valence-corrected chi connectivity index (χ1v) is 10.7. The SMILES string of the molecule is COc1cc(NC(=O)Cn2nc(-c3ccc(C)cc3)c3c(c2=O)CCCC3)cc(OC)c1. The standard InChI is InChI=1S/C25H27N3O4/c1-16-8-10-17(11-9-16)24-21-6-4-5-7-22(21)25(30)28(27-24)15-23(29)26-18-12-19(31-2)14-20(13-18)32-3/h8-14H,4-7,15H2,1-3H3,(H,26,29). The van der Waals surface area contributed by atoms with Crippen LogP contribution in [-0.2, 0) is 24.2 Å². The van der Waals surface area contributed by atoms with Crippen LogP contribution >= 0.6 is 0 Å². The molecule has 0 bridgehead atoms. The molecule has 1 heterocycles. The van der Waals surface area contributed by atoms with Crippen molar-refractivity contribution in [1.82, 2.24) is 9.78 Å². The van der Waals surface area contributed by atoms with Crippen LogP contribution in [-0.4, -0.2) is 29.9 Å². The van der Waals surface area contributed by atoms with E-state index >= 15 is 0 Å². The van der Waals surface area contributed by atoms with Crippen LogP contribution in [0.1, 0.15) is 29.5 Å². The number of amides is 1. The Morgan fingerprint density at radius 1 is 1.00 bits per heavy atom. The first-order valence-electron chi connectivity index (χ1n) is 10.7. The van der Waals surface area contributed by atoms with Gasteiger partial charge in [0, 0.05) is 35.0 Å². The lowest BCUT2D eigenvalue weighted by atomic mass is 9.89. The molecule has 32 heavy (non-hydrogen) atoms. The number of hydrogen-bond acceptors (Lipinski definition) is 5. The molecule has 0 unspecified atom stereocenters. The monoisotopic (exact) mass is 433 g/mol. The summed E-state index contributed by atoms with van der Waals surface area (Å²) in [6.07, 6.45) is 3.55. The second kappa shape index (κ2) is 9.26. The van der Waals surface area contributed by atoms with Gasteiger partial charge in [0.25, 0.3) is 5.56 Å². The van der Waals surface area contributed by atoms with Gasteiger partial charge in [0.05, 0.1) is 19.9 Å². The minimum absolute atomic E-state index is 0.176. The zero-order valence-electron chi connectivity index (χ0n) is 18.6. The second-order valence-electron chi connectivity index (χ2n) is 7.99. The van der Waals surface area contributed by atoms with Crippen LogP contribution in [0.5, 0.6) is 11.5 Å². The van der Waals surface area contributed by atoms with E-state index in [0.717, 1.165) is 47.2 Å². The number of aryl methyl sites for hydroxylation is 1. The summed E-state index contributed by atoms with van der Waals surface area (Å²) in [4.78, 5) is 25.9. The number of anilines is 1. The minimum atomic E-state index is -0.347. The molecule has 1 amide bonds. The molecule has 1 N–H and O–H groups in total. The number of aromatic nitrogens is 2. The third-order valence-corrected chi connectivity index (χ3v) is 5.72. The Kier molecular flexibility index (Phi) is 6.25. The normalized spacial score (nSPS) is 12.7. The maximum Gasteiger partial charge on any atom is 0.270 e. The van der Waals surface area contributed by atoms with E-state index in [1.807, 2.05) is 31.2 Å². The quantitative estimate of drug-likeness (QED) is 0.640. The van der Waals surface area contributed by atoms with E-state index in [1.54, 1.807) is 32.4 Å². The first kappa shape index (κ1) is 21.6. The highest BCUT2D eigenvalue weighted by Gasteiger charge is 2.22. The van der Waals surface area contributed by atoms with Crippen molar-refractivity contribution in [2.24, 2.45) is 0 Å². The van der Waals surface area contributed by atoms with Crippen LogP contribution in [0.2, 0.25) is 0 Å². The Labute approximate surface area is 187 Å². The van der Waals surface area contributed by atoms with Gasteiger partial charge in [0.2, 0.25) is 5.91 Å². The zero-order valence-corrected chi connectivity index (χ0v) is 18.6. The average Bonchev–Trinajstić information content (AvgIpc) is 2.81. The van der Waals surface area contributed by atoms with E-state index in [-0.39, 0.29) is 18.0 Å². The van der Waals surface area contributed by atoms with Crippen molar-refractivity contribution in [3.05, 3.63) is 69.5 Å². The van der Waals surface area contributed by atoms with Gasteiger partial charge < -0.3 is 14.8 Å². The maximum atomic E-state index is 13.1. The van der Waals surface area contributed by atoms with Crippen LogP contribution in [0.15, 0.2) is 47.3 Å². The lowest BCUT2D eigenvalue weighted by Gasteiger charge is -2.20. The molecule has 1 aliphatic rings. The number of methoxy groups -OCH3 is 2. The van der Waals surface area contributed by atoms with Crippen molar-refractivity contribution < 1.29 is 14.3 Å². The Morgan fingerprint density at radius 3 is 2.25 bits per heavy atom. The van der Waals surface area contributed by atoms with Crippen molar-refractivity contribution in [3.8, 4) is 22.8 Å². The second-order valence-corrected chi connectivity index (χ2v) is 7.99. The summed E-state index contributed by atoms with van der Waals surface area (Å²) in [6.45, 7) is 1.86. The van der Waals surface area contributed by atoms with Gasteiger partial charge >= 0.3 is 0 Å². The number of fused-ring (bicyclic) bond motifs is 1. The molecule has 7 nitrogen and oxygen atoms in total. The number of hydrogen-bond donors (Lipinski definition) is 1. The number of benzene rings is 2. The van der Waals surface area contributed by atoms with Gasteiger partial charge in [-0.3, -0.25) is 9.59 Å². The van der Waals surface area contributed by atoms with Crippen LogP contribution in [0, 0.1) is 6.92 Å². The van der Waals surface area contributed by atoms with Crippen molar-refractivity contribution in [2.75, 3.05) is 19.5 Å². The molecule has 0 fully saturated rings. The molecule has 7 heteroatoms. The lowest BCUT2D eigenvalue weighted by molar-refractivity contribution is -0.117. The van der Waals surface area contributed by atoms with Gasteiger partial charge in [-0.05, 0) is 38.2 Å². The summed E-state index contributed by atoms with van der Waals surface area (Å²) >= 11 is 0. The highest BCUT2D eigenvalue weighted by molar-refractivity contribution is 5.91. The van der Waals surface area contributed by atoms with Crippen molar-refractivity contribution in [3.63, 3.8) is 0 Å². The van der Waals surface area contributed by atoms with E-state index in [2.05, 4.69) is 10.4 Å². The molecule has 2 aromatic carbocycles. The summed E-state index contributed by atoms with van der Waals surface area (Å²) in [5, 5.41) is 7.44. The highest BCUT2D eigenvalue weighted by atomic mass is 16.5. The van der Waals surface area contributed by atoms with Crippen LogP contribution in [0.3, 0.4) is 0 Å². The maximum absolute atomic E-state index is 13.1. The largest absolute Gasteiger partial charge is 0.497 e. The van der Waals surface area contributed by atoms with E-state index in [1.165, 1.54) is 4.68 Å². The molecular weight excluding hydrogens is 406 g/mol.